The molecule has 44 heavy (non-hydrogen) atoms. The van der Waals surface area contributed by atoms with Gasteiger partial charge in [-0.25, -0.2) is 12.8 Å². The summed E-state index contributed by atoms with van der Waals surface area (Å²) in [6.07, 6.45) is -9.12. The molecule has 0 saturated heterocycles. The maximum atomic E-state index is 14.3. The van der Waals surface area contributed by atoms with Gasteiger partial charge in [0.15, 0.2) is 9.84 Å². The summed E-state index contributed by atoms with van der Waals surface area (Å²) in [5.41, 5.74) is -0.683. The quantitative estimate of drug-likeness (QED) is 0.250. The second-order valence-electron chi connectivity index (χ2n) is 10.5. The summed E-state index contributed by atoms with van der Waals surface area (Å²) in [5.74, 6) is -2.95. The third-order valence-corrected chi connectivity index (χ3v) is 7.89. The highest BCUT2D eigenvalue weighted by Crippen LogP contribution is 2.35. The van der Waals surface area contributed by atoms with E-state index in [1.165, 1.54) is 62.4 Å². The van der Waals surface area contributed by atoms with Crippen molar-refractivity contribution in [3.63, 3.8) is 0 Å². The minimum absolute atomic E-state index is 0.0836. The Hall–Kier alpha value is -3.96. The van der Waals surface area contributed by atoms with Crippen LogP contribution < -0.4 is 10.6 Å². The predicted molar refractivity (Wildman–Crippen MR) is 148 cm³/mol. The van der Waals surface area contributed by atoms with E-state index in [1.807, 2.05) is 0 Å². The molecule has 0 fully saturated rings. The number of alkyl halides is 6. The average molecular weight is 644 g/mol. The molecule has 3 aromatic rings. The standard InChI is InChI=1S/C30H28F7N3O3S/c1-17(2)26(28(41)39-23(16-38)14-21-8-11-22(15-25(21)31)29(32,33)34)40-27(30(35,36)37)20-6-4-18(5-7-20)19-9-12-24(13-10-19)44(3,42)43/h4-13,15,17,23,26-27,40H,14H2,1-3H3,(H,39,41)/t23-,26?,27-/m0/s1. The van der Waals surface area contributed by atoms with Gasteiger partial charge in [0, 0.05) is 12.7 Å². The maximum absolute atomic E-state index is 14.3. The molecule has 0 saturated carbocycles. The number of carbonyl (C=O) groups is 1. The first-order chi connectivity index (χ1) is 20.3. The lowest BCUT2D eigenvalue weighted by Crippen LogP contribution is -2.53. The lowest BCUT2D eigenvalue weighted by atomic mass is 9.97. The average Bonchev–Trinajstić information content (AvgIpc) is 2.92. The van der Waals surface area contributed by atoms with E-state index in [-0.39, 0.29) is 22.1 Å². The van der Waals surface area contributed by atoms with Gasteiger partial charge in [-0.15, -0.1) is 0 Å². The first kappa shape index (κ1) is 34.5. The van der Waals surface area contributed by atoms with Crippen LogP contribution in [0.5, 0.6) is 0 Å². The zero-order valence-electron chi connectivity index (χ0n) is 23.6. The van der Waals surface area contributed by atoms with Crippen LogP contribution in [0.25, 0.3) is 11.1 Å². The molecule has 14 heteroatoms. The second kappa shape index (κ2) is 13.4. The van der Waals surface area contributed by atoms with Crippen molar-refractivity contribution in [3.05, 3.63) is 89.2 Å². The summed E-state index contributed by atoms with van der Waals surface area (Å²) in [4.78, 5) is 13.2. The first-order valence-corrected chi connectivity index (χ1v) is 15.0. The van der Waals surface area contributed by atoms with Crippen molar-refractivity contribution in [1.29, 1.82) is 5.26 Å². The van der Waals surface area contributed by atoms with Crippen LogP contribution in [-0.4, -0.2) is 38.8 Å². The Balaban J connectivity index is 1.80. The normalized spacial score (nSPS) is 14.5. The van der Waals surface area contributed by atoms with Gasteiger partial charge in [0.1, 0.15) is 17.9 Å². The van der Waals surface area contributed by atoms with Crippen LogP contribution in [0.15, 0.2) is 71.6 Å². The Labute approximate surface area is 249 Å². The van der Waals surface area contributed by atoms with Crippen molar-refractivity contribution in [3.8, 4) is 17.2 Å². The molecule has 0 aliphatic carbocycles. The highest BCUT2D eigenvalue weighted by atomic mass is 32.2. The fraction of sp³-hybridized carbons (Fsp3) is 0.333. The summed E-state index contributed by atoms with van der Waals surface area (Å²) >= 11 is 0. The fourth-order valence-electron chi connectivity index (χ4n) is 4.39. The number of hydrogen-bond acceptors (Lipinski definition) is 5. The van der Waals surface area contributed by atoms with Crippen LogP contribution in [0, 0.1) is 23.1 Å². The van der Waals surface area contributed by atoms with Gasteiger partial charge in [0.05, 0.1) is 22.6 Å². The molecule has 0 radical (unpaired) electrons. The van der Waals surface area contributed by atoms with Crippen molar-refractivity contribution in [2.24, 2.45) is 5.92 Å². The van der Waals surface area contributed by atoms with Crippen LogP contribution in [0.3, 0.4) is 0 Å². The van der Waals surface area contributed by atoms with Crippen LogP contribution >= 0.6 is 0 Å². The number of hydrogen-bond donors (Lipinski definition) is 2. The van der Waals surface area contributed by atoms with Crippen LogP contribution in [0.4, 0.5) is 30.7 Å². The summed E-state index contributed by atoms with van der Waals surface area (Å²) in [5, 5.41) is 14.1. The van der Waals surface area contributed by atoms with E-state index < -0.39 is 69.9 Å². The number of benzene rings is 3. The van der Waals surface area contributed by atoms with Crippen molar-refractivity contribution < 1.29 is 43.9 Å². The van der Waals surface area contributed by atoms with Gasteiger partial charge >= 0.3 is 12.4 Å². The molecule has 0 aliphatic heterocycles. The monoisotopic (exact) mass is 643 g/mol. The van der Waals surface area contributed by atoms with E-state index in [0.29, 0.717) is 17.2 Å². The topological polar surface area (TPSA) is 99.1 Å². The molecule has 236 valence electrons. The fourth-order valence-corrected chi connectivity index (χ4v) is 5.02. The molecular weight excluding hydrogens is 615 g/mol. The maximum Gasteiger partial charge on any atom is 0.416 e. The summed E-state index contributed by atoms with van der Waals surface area (Å²) in [6.45, 7) is 2.95. The molecule has 1 unspecified atom stereocenters. The SMILES string of the molecule is CC(C)C(N[C@@H](c1ccc(-c2ccc(S(C)(=O)=O)cc2)cc1)C(F)(F)F)C(=O)N[C@H](C#N)Cc1ccc(C(F)(F)F)cc1F. The summed E-state index contributed by atoms with van der Waals surface area (Å²) in [6, 6.07) is 9.23. The van der Waals surface area contributed by atoms with Crippen LogP contribution in [0.1, 0.15) is 36.6 Å². The lowest BCUT2D eigenvalue weighted by molar-refractivity contribution is -0.161. The minimum Gasteiger partial charge on any atom is -0.339 e. The van der Waals surface area contributed by atoms with Crippen molar-refractivity contribution in [1.82, 2.24) is 10.6 Å². The Morgan fingerprint density at radius 1 is 0.909 bits per heavy atom. The highest BCUT2D eigenvalue weighted by Gasteiger charge is 2.43. The van der Waals surface area contributed by atoms with Gasteiger partial charge in [-0.2, -0.15) is 31.6 Å². The number of nitriles is 1. The molecule has 0 heterocycles. The van der Waals surface area contributed by atoms with Gasteiger partial charge < -0.3 is 5.32 Å². The van der Waals surface area contributed by atoms with Crippen molar-refractivity contribution in [2.75, 3.05) is 6.26 Å². The molecule has 0 bridgehead atoms. The number of rotatable bonds is 10. The van der Waals surface area contributed by atoms with E-state index in [2.05, 4.69) is 10.6 Å². The van der Waals surface area contributed by atoms with Gasteiger partial charge in [-0.05, 0) is 52.4 Å². The number of halogens is 7. The van der Waals surface area contributed by atoms with Gasteiger partial charge in [-0.3, -0.25) is 10.1 Å². The van der Waals surface area contributed by atoms with Crippen molar-refractivity contribution in [2.45, 2.75) is 55.6 Å². The van der Waals surface area contributed by atoms with Crippen LogP contribution in [0.2, 0.25) is 0 Å². The number of carbonyl (C=O) groups excluding carboxylic acids is 1. The predicted octanol–water partition coefficient (Wildman–Crippen LogP) is 6.38. The number of nitrogens with zero attached hydrogens (tertiary/aromatic N) is 1. The first-order valence-electron chi connectivity index (χ1n) is 13.1. The van der Waals surface area contributed by atoms with E-state index in [0.717, 1.165) is 12.3 Å². The molecular formula is C30H28F7N3O3S. The van der Waals surface area contributed by atoms with Gasteiger partial charge in [-0.1, -0.05) is 56.3 Å². The molecule has 0 aliphatic rings. The number of sulfone groups is 1. The molecule has 3 rings (SSSR count). The summed E-state index contributed by atoms with van der Waals surface area (Å²) in [7, 11) is -3.43. The largest absolute Gasteiger partial charge is 0.416 e. The molecule has 3 atom stereocenters. The van der Waals surface area contributed by atoms with Crippen molar-refractivity contribution >= 4 is 15.7 Å². The Kier molecular flexibility index (Phi) is 10.5. The Morgan fingerprint density at radius 2 is 1.45 bits per heavy atom. The van der Waals surface area contributed by atoms with E-state index >= 15 is 0 Å². The van der Waals surface area contributed by atoms with E-state index in [4.69, 9.17) is 0 Å². The molecule has 6 nitrogen and oxygen atoms in total. The third-order valence-electron chi connectivity index (χ3n) is 6.76. The van der Waals surface area contributed by atoms with Gasteiger partial charge in [0.25, 0.3) is 0 Å². The van der Waals surface area contributed by atoms with Gasteiger partial charge in [0.2, 0.25) is 5.91 Å². The Bertz CT molecular complexity index is 1610. The summed E-state index contributed by atoms with van der Waals surface area (Å²) < 4.78 is 119. The molecule has 1 amide bonds. The Morgan fingerprint density at radius 3 is 1.89 bits per heavy atom. The molecule has 0 spiro atoms. The lowest BCUT2D eigenvalue weighted by Gasteiger charge is -2.30. The second-order valence-corrected chi connectivity index (χ2v) is 12.5. The van der Waals surface area contributed by atoms with E-state index in [9.17, 15) is 49.2 Å². The molecule has 2 N–H and O–H groups in total. The van der Waals surface area contributed by atoms with Crippen LogP contribution in [-0.2, 0) is 27.2 Å². The molecule has 3 aromatic carbocycles. The number of amides is 1. The highest BCUT2D eigenvalue weighted by molar-refractivity contribution is 7.90. The molecule has 0 aromatic heterocycles. The smallest absolute Gasteiger partial charge is 0.339 e. The zero-order chi connectivity index (χ0) is 33.0. The zero-order valence-corrected chi connectivity index (χ0v) is 24.4. The minimum atomic E-state index is -4.86. The third kappa shape index (κ3) is 8.79. The number of nitrogens with one attached hydrogen (secondary N) is 2. The van der Waals surface area contributed by atoms with E-state index in [1.54, 1.807) is 6.07 Å².